The highest BCUT2D eigenvalue weighted by atomic mass is 16.5. The van der Waals surface area contributed by atoms with Crippen molar-refractivity contribution < 1.29 is 23.7 Å². The molecule has 5 heteroatoms. The van der Waals surface area contributed by atoms with Gasteiger partial charge in [0.05, 0.1) is 33.3 Å². The average molecular weight is 364 g/mol. The van der Waals surface area contributed by atoms with Gasteiger partial charge in [-0.15, -0.1) is 0 Å². The minimum Gasteiger partial charge on any atom is -0.493 e. The Labute approximate surface area is 157 Å². The normalized spacial score (nSPS) is 15.8. The second kappa shape index (κ2) is 6.83. The lowest BCUT2D eigenvalue weighted by molar-refractivity contribution is 0.0852. The van der Waals surface area contributed by atoms with Crippen LogP contribution in [0.25, 0.3) is 10.8 Å². The van der Waals surface area contributed by atoms with E-state index in [1.54, 1.807) is 21.3 Å². The van der Waals surface area contributed by atoms with Crippen molar-refractivity contribution >= 4 is 16.6 Å². The number of benzene rings is 3. The van der Waals surface area contributed by atoms with Crippen LogP contribution in [-0.4, -0.2) is 27.1 Å². The largest absolute Gasteiger partial charge is 0.493 e. The van der Waals surface area contributed by atoms with Crippen molar-refractivity contribution in [3.8, 4) is 23.0 Å². The Bertz CT molecular complexity index is 999. The van der Waals surface area contributed by atoms with Gasteiger partial charge in [0.25, 0.3) is 0 Å². The molecule has 0 radical (unpaired) electrons. The first-order valence-corrected chi connectivity index (χ1v) is 8.67. The summed E-state index contributed by atoms with van der Waals surface area (Å²) >= 11 is 0. The van der Waals surface area contributed by atoms with Crippen LogP contribution in [0.3, 0.4) is 0 Å². The number of ketones is 1. The molecular formula is C22H20O5. The molecule has 4 rings (SSSR count). The van der Waals surface area contributed by atoms with Crippen molar-refractivity contribution in [2.45, 2.75) is 12.5 Å². The van der Waals surface area contributed by atoms with Crippen molar-refractivity contribution in [1.82, 2.24) is 0 Å². The van der Waals surface area contributed by atoms with E-state index in [4.69, 9.17) is 18.9 Å². The Morgan fingerprint density at radius 2 is 1.63 bits per heavy atom. The fraction of sp³-hybridized carbons (Fsp3) is 0.227. The second-order valence-electron chi connectivity index (χ2n) is 6.35. The standard InChI is InChI=1S/C22H20O5/c1-24-19-10-14(11-20(25-2)22(19)26-3)18-12-16(23)21-15-7-5-4-6-13(15)8-9-17(21)27-18/h4-11,18H,12H2,1-3H3. The van der Waals surface area contributed by atoms with Crippen LogP contribution in [0.2, 0.25) is 0 Å². The van der Waals surface area contributed by atoms with Crippen LogP contribution in [0, 0.1) is 0 Å². The van der Waals surface area contributed by atoms with Crippen molar-refractivity contribution in [3.63, 3.8) is 0 Å². The molecule has 0 spiro atoms. The average Bonchev–Trinajstić information content (AvgIpc) is 2.71. The van der Waals surface area contributed by atoms with E-state index >= 15 is 0 Å². The van der Waals surface area contributed by atoms with Gasteiger partial charge in [0.15, 0.2) is 17.3 Å². The third-order valence-electron chi connectivity index (χ3n) is 4.87. The Morgan fingerprint density at radius 3 is 2.30 bits per heavy atom. The third kappa shape index (κ3) is 2.85. The number of carbonyl (C=O) groups excluding carboxylic acids is 1. The highest BCUT2D eigenvalue weighted by Gasteiger charge is 2.30. The number of Topliss-reactive ketones (excluding diaryl/α,β-unsaturated/α-hetero) is 1. The van der Waals surface area contributed by atoms with E-state index in [0.717, 1.165) is 16.3 Å². The lowest BCUT2D eigenvalue weighted by Crippen LogP contribution is -2.21. The van der Waals surface area contributed by atoms with Gasteiger partial charge in [-0.1, -0.05) is 30.3 Å². The molecule has 1 aliphatic rings. The molecule has 1 aliphatic heterocycles. The molecule has 1 unspecified atom stereocenters. The summed E-state index contributed by atoms with van der Waals surface area (Å²) in [5.74, 6) is 2.24. The molecule has 138 valence electrons. The Morgan fingerprint density at radius 1 is 0.926 bits per heavy atom. The lowest BCUT2D eigenvalue weighted by atomic mass is 9.92. The Balaban J connectivity index is 1.78. The molecule has 0 aliphatic carbocycles. The smallest absolute Gasteiger partial charge is 0.203 e. The quantitative estimate of drug-likeness (QED) is 0.679. The van der Waals surface area contributed by atoms with E-state index in [9.17, 15) is 4.79 Å². The van der Waals surface area contributed by atoms with E-state index in [1.165, 1.54) is 0 Å². The fourth-order valence-electron chi connectivity index (χ4n) is 3.58. The van der Waals surface area contributed by atoms with Gasteiger partial charge >= 0.3 is 0 Å². The number of hydrogen-bond acceptors (Lipinski definition) is 5. The van der Waals surface area contributed by atoms with Gasteiger partial charge in [0.1, 0.15) is 11.9 Å². The van der Waals surface area contributed by atoms with Gasteiger partial charge in [0, 0.05) is 5.56 Å². The van der Waals surface area contributed by atoms with Gasteiger partial charge in [-0.3, -0.25) is 4.79 Å². The summed E-state index contributed by atoms with van der Waals surface area (Å²) in [6, 6.07) is 15.3. The molecule has 1 atom stereocenters. The molecule has 27 heavy (non-hydrogen) atoms. The molecule has 0 saturated carbocycles. The SMILES string of the molecule is COc1cc(C2CC(=O)c3c(ccc4ccccc34)O2)cc(OC)c1OC. The van der Waals surface area contributed by atoms with E-state index in [0.29, 0.717) is 28.6 Å². The monoisotopic (exact) mass is 364 g/mol. The number of rotatable bonds is 4. The molecule has 3 aromatic rings. The maximum Gasteiger partial charge on any atom is 0.203 e. The summed E-state index contributed by atoms with van der Waals surface area (Å²) in [5.41, 5.74) is 1.45. The molecule has 0 fully saturated rings. The summed E-state index contributed by atoms with van der Waals surface area (Å²) in [5, 5.41) is 1.95. The molecule has 0 bridgehead atoms. The van der Waals surface area contributed by atoms with Crippen molar-refractivity contribution in [2.75, 3.05) is 21.3 Å². The zero-order valence-electron chi connectivity index (χ0n) is 15.4. The maximum absolute atomic E-state index is 12.9. The second-order valence-corrected chi connectivity index (χ2v) is 6.35. The molecular weight excluding hydrogens is 344 g/mol. The number of methoxy groups -OCH3 is 3. The topological polar surface area (TPSA) is 54.0 Å². The maximum atomic E-state index is 12.9. The number of ether oxygens (including phenoxy) is 4. The highest BCUT2D eigenvalue weighted by molar-refractivity contribution is 6.11. The van der Waals surface area contributed by atoms with Gasteiger partial charge < -0.3 is 18.9 Å². The third-order valence-corrected chi connectivity index (χ3v) is 4.87. The minimum absolute atomic E-state index is 0.0619. The highest BCUT2D eigenvalue weighted by Crippen LogP contribution is 2.44. The van der Waals surface area contributed by atoms with Crippen LogP contribution in [0.4, 0.5) is 0 Å². The van der Waals surface area contributed by atoms with E-state index < -0.39 is 6.10 Å². The lowest BCUT2D eigenvalue weighted by Gasteiger charge is -2.27. The van der Waals surface area contributed by atoms with E-state index in [-0.39, 0.29) is 12.2 Å². The van der Waals surface area contributed by atoms with Crippen molar-refractivity contribution in [1.29, 1.82) is 0 Å². The van der Waals surface area contributed by atoms with Crippen molar-refractivity contribution in [2.24, 2.45) is 0 Å². The van der Waals surface area contributed by atoms with Crippen LogP contribution in [0.1, 0.15) is 28.4 Å². The van der Waals surface area contributed by atoms with Gasteiger partial charge in [-0.2, -0.15) is 0 Å². The van der Waals surface area contributed by atoms with Crippen LogP contribution in [0.15, 0.2) is 48.5 Å². The first-order valence-electron chi connectivity index (χ1n) is 8.67. The minimum atomic E-state index is -0.417. The molecule has 5 nitrogen and oxygen atoms in total. The first kappa shape index (κ1) is 17.2. The Kier molecular flexibility index (Phi) is 4.36. The molecule has 0 saturated heterocycles. The van der Waals surface area contributed by atoms with Crippen LogP contribution >= 0.6 is 0 Å². The van der Waals surface area contributed by atoms with Crippen LogP contribution in [0.5, 0.6) is 23.0 Å². The van der Waals surface area contributed by atoms with Gasteiger partial charge in [-0.25, -0.2) is 0 Å². The van der Waals surface area contributed by atoms with Crippen LogP contribution in [-0.2, 0) is 0 Å². The number of hydrogen-bond donors (Lipinski definition) is 0. The van der Waals surface area contributed by atoms with Gasteiger partial charge in [-0.05, 0) is 29.0 Å². The summed E-state index contributed by atoms with van der Waals surface area (Å²) in [4.78, 5) is 12.9. The van der Waals surface area contributed by atoms with Crippen LogP contribution < -0.4 is 18.9 Å². The van der Waals surface area contributed by atoms with E-state index in [2.05, 4.69) is 0 Å². The molecule has 0 aromatic heterocycles. The summed E-state index contributed by atoms with van der Waals surface area (Å²) in [6.45, 7) is 0. The Hall–Kier alpha value is -3.21. The zero-order valence-corrected chi connectivity index (χ0v) is 15.4. The fourth-order valence-corrected chi connectivity index (χ4v) is 3.58. The summed E-state index contributed by atoms with van der Waals surface area (Å²) in [6.07, 6.45) is -0.167. The summed E-state index contributed by atoms with van der Waals surface area (Å²) < 4.78 is 22.4. The molecule has 0 amide bonds. The number of carbonyl (C=O) groups is 1. The van der Waals surface area contributed by atoms with Gasteiger partial charge in [0.2, 0.25) is 5.75 Å². The predicted octanol–water partition coefficient (Wildman–Crippen LogP) is 4.57. The molecule has 1 heterocycles. The number of fused-ring (bicyclic) bond motifs is 3. The first-order chi connectivity index (χ1) is 13.2. The zero-order chi connectivity index (χ0) is 19.0. The predicted molar refractivity (Wildman–Crippen MR) is 102 cm³/mol. The van der Waals surface area contributed by atoms with Crippen molar-refractivity contribution in [3.05, 3.63) is 59.7 Å². The summed E-state index contributed by atoms with van der Waals surface area (Å²) in [7, 11) is 4.69. The molecule has 3 aromatic carbocycles. The van der Waals surface area contributed by atoms with E-state index in [1.807, 2.05) is 48.5 Å². The molecule has 0 N–H and O–H groups in total.